The molecule has 1 unspecified atom stereocenters. The van der Waals surface area contributed by atoms with Gasteiger partial charge in [-0.2, -0.15) is 0 Å². The lowest BCUT2D eigenvalue weighted by atomic mass is 10.0. The first-order valence-electron chi connectivity index (χ1n) is 5.45. The number of fused-ring (bicyclic) bond motifs is 1. The average molecular weight is 249 g/mol. The lowest BCUT2D eigenvalue weighted by molar-refractivity contribution is -0.120. The van der Waals surface area contributed by atoms with Gasteiger partial charge in [-0.25, -0.2) is 0 Å². The van der Waals surface area contributed by atoms with Gasteiger partial charge in [0.1, 0.15) is 5.60 Å². The van der Waals surface area contributed by atoms with E-state index in [1.54, 1.807) is 18.3 Å². The van der Waals surface area contributed by atoms with Crippen molar-refractivity contribution in [3.05, 3.63) is 35.2 Å². The van der Waals surface area contributed by atoms with Crippen LogP contribution < -0.4 is 5.32 Å². The van der Waals surface area contributed by atoms with Crippen LogP contribution >= 0.6 is 11.3 Å². The number of amides is 1. The lowest BCUT2D eigenvalue weighted by Crippen LogP contribution is -2.36. The standard InChI is InChI=1S/C13H15NO2S/c1-9(15)14-8-13(2,16)12-7-10-5-3-4-6-11(10)17-12/h3-7,16H,8H2,1-2H3,(H,14,15). The Labute approximate surface area is 104 Å². The molecule has 0 aliphatic heterocycles. The first-order valence-corrected chi connectivity index (χ1v) is 6.26. The van der Waals surface area contributed by atoms with E-state index in [2.05, 4.69) is 5.32 Å². The van der Waals surface area contributed by atoms with E-state index in [4.69, 9.17) is 0 Å². The van der Waals surface area contributed by atoms with E-state index in [9.17, 15) is 9.90 Å². The minimum atomic E-state index is -1.02. The number of benzene rings is 1. The van der Waals surface area contributed by atoms with Gasteiger partial charge in [0.05, 0.1) is 6.54 Å². The third-order valence-corrected chi connectivity index (χ3v) is 4.01. The number of rotatable bonds is 3. The molecule has 2 aromatic rings. The van der Waals surface area contributed by atoms with Gasteiger partial charge in [-0.3, -0.25) is 4.79 Å². The number of hydrogen-bond donors (Lipinski definition) is 2. The summed E-state index contributed by atoms with van der Waals surface area (Å²) in [5, 5.41) is 14.1. The molecule has 0 aliphatic rings. The van der Waals surface area contributed by atoms with E-state index in [-0.39, 0.29) is 12.5 Å². The molecule has 1 atom stereocenters. The summed E-state index contributed by atoms with van der Waals surface area (Å²) < 4.78 is 1.14. The summed E-state index contributed by atoms with van der Waals surface area (Å²) in [4.78, 5) is 11.7. The van der Waals surface area contributed by atoms with Crippen LogP contribution in [0.2, 0.25) is 0 Å². The van der Waals surface area contributed by atoms with Gasteiger partial charge in [0.15, 0.2) is 0 Å². The second-order valence-corrected chi connectivity index (χ2v) is 5.42. The van der Waals surface area contributed by atoms with Crippen LogP contribution in [0.5, 0.6) is 0 Å². The second-order valence-electron chi connectivity index (χ2n) is 4.33. The highest BCUT2D eigenvalue weighted by molar-refractivity contribution is 7.19. The van der Waals surface area contributed by atoms with Crippen molar-refractivity contribution in [1.82, 2.24) is 5.32 Å². The summed E-state index contributed by atoms with van der Waals surface area (Å²) in [7, 11) is 0. The van der Waals surface area contributed by atoms with E-state index < -0.39 is 5.60 Å². The van der Waals surface area contributed by atoms with Crippen molar-refractivity contribution in [3.63, 3.8) is 0 Å². The fourth-order valence-corrected chi connectivity index (χ4v) is 2.74. The van der Waals surface area contributed by atoms with Crippen LogP contribution in [0, 0.1) is 0 Å². The van der Waals surface area contributed by atoms with E-state index in [1.807, 2.05) is 30.3 Å². The van der Waals surface area contributed by atoms with Crippen LogP contribution in [0.1, 0.15) is 18.7 Å². The van der Waals surface area contributed by atoms with Crippen LogP contribution in [0.4, 0.5) is 0 Å². The number of carbonyl (C=O) groups is 1. The first-order chi connectivity index (χ1) is 7.99. The molecule has 2 N–H and O–H groups in total. The van der Waals surface area contributed by atoms with Gasteiger partial charge < -0.3 is 10.4 Å². The Bertz CT molecular complexity index is 512. The van der Waals surface area contributed by atoms with Crippen molar-refractivity contribution in [1.29, 1.82) is 0 Å². The fraction of sp³-hybridized carbons (Fsp3) is 0.308. The molecule has 0 aliphatic carbocycles. The van der Waals surface area contributed by atoms with Gasteiger partial charge >= 0.3 is 0 Å². The zero-order valence-electron chi connectivity index (χ0n) is 9.86. The van der Waals surface area contributed by atoms with Crippen molar-refractivity contribution in [2.75, 3.05) is 6.54 Å². The third-order valence-electron chi connectivity index (χ3n) is 2.64. The largest absolute Gasteiger partial charge is 0.383 e. The van der Waals surface area contributed by atoms with E-state index in [0.29, 0.717) is 0 Å². The minimum Gasteiger partial charge on any atom is -0.383 e. The molecule has 0 radical (unpaired) electrons. The van der Waals surface area contributed by atoms with Crippen molar-refractivity contribution in [2.24, 2.45) is 0 Å². The second kappa shape index (κ2) is 4.47. The normalized spacial score (nSPS) is 14.5. The predicted octanol–water partition coefficient (Wildman–Crippen LogP) is 2.24. The van der Waals surface area contributed by atoms with Gasteiger partial charge in [0.25, 0.3) is 0 Å². The van der Waals surface area contributed by atoms with Crippen molar-refractivity contribution < 1.29 is 9.90 Å². The molecular formula is C13H15NO2S. The summed E-state index contributed by atoms with van der Waals surface area (Å²) in [6, 6.07) is 9.97. The summed E-state index contributed by atoms with van der Waals surface area (Å²) in [5.41, 5.74) is -1.02. The molecule has 1 heterocycles. The molecule has 3 nitrogen and oxygen atoms in total. The molecule has 1 aromatic carbocycles. The Hall–Kier alpha value is -1.39. The molecule has 4 heteroatoms. The van der Waals surface area contributed by atoms with Crippen LogP contribution in [0.25, 0.3) is 10.1 Å². The molecule has 0 fully saturated rings. The fourth-order valence-electron chi connectivity index (χ4n) is 1.63. The molecule has 1 amide bonds. The Morgan fingerprint density at radius 3 is 2.82 bits per heavy atom. The summed E-state index contributed by atoms with van der Waals surface area (Å²) in [6.07, 6.45) is 0. The highest BCUT2D eigenvalue weighted by Gasteiger charge is 2.25. The van der Waals surface area contributed by atoms with Crippen molar-refractivity contribution >= 4 is 27.3 Å². The zero-order valence-corrected chi connectivity index (χ0v) is 10.7. The molecular weight excluding hydrogens is 234 g/mol. The average Bonchev–Trinajstić information content (AvgIpc) is 2.71. The van der Waals surface area contributed by atoms with Gasteiger partial charge in [0, 0.05) is 16.5 Å². The van der Waals surface area contributed by atoms with Gasteiger partial charge in [0.2, 0.25) is 5.91 Å². The van der Waals surface area contributed by atoms with E-state index in [1.165, 1.54) is 6.92 Å². The third kappa shape index (κ3) is 2.65. The van der Waals surface area contributed by atoms with E-state index >= 15 is 0 Å². The van der Waals surface area contributed by atoms with Crippen LogP contribution in [-0.2, 0) is 10.4 Å². The number of carbonyl (C=O) groups excluding carboxylic acids is 1. The van der Waals surface area contributed by atoms with Crippen LogP contribution in [0.15, 0.2) is 30.3 Å². The first kappa shape index (κ1) is 12.1. The summed E-state index contributed by atoms with van der Waals surface area (Å²) in [5.74, 6) is -0.133. The minimum absolute atomic E-state index is 0.133. The molecule has 0 bridgehead atoms. The molecule has 0 saturated carbocycles. The van der Waals surface area contributed by atoms with Crippen molar-refractivity contribution in [3.8, 4) is 0 Å². The van der Waals surface area contributed by atoms with E-state index in [0.717, 1.165) is 15.0 Å². The summed E-state index contributed by atoms with van der Waals surface area (Å²) in [6.45, 7) is 3.39. The molecule has 17 heavy (non-hydrogen) atoms. The Kier molecular flexibility index (Phi) is 3.17. The maximum absolute atomic E-state index is 10.9. The number of hydrogen-bond acceptors (Lipinski definition) is 3. The smallest absolute Gasteiger partial charge is 0.216 e. The van der Waals surface area contributed by atoms with Crippen molar-refractivity contribution in [2.45, 2.75) is 19.4 Å². The number of nitrogens with one attached hydrogen (secondary N) is 1. The maximum atomic E-state index is 10.9. The quantitative estimate of drug-likeness (QED) is 0.876. The highest BCUT2D eigenvalue weighted by atomic mass is 32.1. The SMILES string of the molecule is CC(=O)NCC(C)(O)c1cc2ccccc2s1. The number of thiophene rings is 1. The van der Waals surface area contributed by atoms with Gasteiger partial charge in [-0.05, 0) is 24.4 Å². The predicted molar refractivity (Wildman–Crippen MR) is 70.1 cm³/mol. The van der Waals surface area contributed by atoms with Gasteiger partial charge in [-0.1, -0.05) is 18.2 Å². The Balaban J connectivity index is 2.28. The number of aliphatic hydroxyl groups is 1. The molecule has 1 aromatic heterocycles. The lowest BCUT2D eigenvalue weighted by Gasteiger charge is -2.21. The Morgan fingerprint density at radius 1 is 1.47 bits per heavy atom. The monoisotopic (exact) mass is 249 g/mol. The molecule has 0 saturated heterocycles. The van der Waals surface area contributed by atoms with Crippen LogP contribution in [-0.4, -0.2) is 17.6 Å². The zero-order chi connectivity index (χ0) is 12.5. The molecule has 0 spiro atoms. The molecule has 90 valence electrons. The van der Waals surface area contributed by atoms with Gasteiger partial charge in [-0.15, -0.1) is 11.3 Å². The highest BCUT2D eigenvalue weighted by Crippen LogP contribution is 2.32. The molecule has 2 rings (SSSR count). The topological polar surface area (TPSA) is 49.3 Å². The van der Waals surface area contributed by atoms with Crippen LogP contribution in [0.3, 0.4) is 0 Å². The Morgan fingerprint density at radius 2 is 2.18 bits per heavy atom. The maximum Gasteiger partial charge on any atom is 0.216 e. The summed E-state index contributed by atoms with van der Waals surface area (Å²) >= 11 is 1.55.